The Hall–Kier alpha value is -0.0400. The van der Waals surface area contributed by atoms with Gasteiger partial charge in [-0.1, -0.05) is 20.8 Å². The number of rotatable bonds is 4. The van der Waals surface area contributed by atoms with E-state index in [1.807, 2.05) is 0 Å². The molecule has 0 heterocycles. The Bertz CT molecular complexity index is 105. The predicted octanol–water partition coefficient (Wildman–Crippen LogP) is 2.76. The van der Waals surface area contributed by atoms with Gasteiger partial charge in [-0.25, -0.2) is 0 Å². The highest BCUT2D eigenvalue weighted by molar-refractivity contribution is 4.77. The first-order valence-electron chi connectivity index (χ1n) is 4.61. The van der Waals surface area contributed by atoms with Gasteiger partial charge in [-0.15, -0.1) is 0 Å². The van der Waals surface area contributed by atoms with E-state index in [9.17, 15) is 0 Å². The minimum absolute atomic E-state index is 0.365. The predicted molar refractivity (Wildman–Crippen MR) is 51.8 cm³/mol. The van der Waals surface area contributed by atoms with Gasteiger partial charge in [-0.3, -0.25) is 0 Å². The van der Waals surface area contributed by atoms with Gasteiger partial charge >= 0.3 is 0 Å². The molecule has 0 aliphatic heterocycles. The average Bonchev–Trinajstić information content (AvgIpc) is 1.86. The van der Waals surface area contributed by atoms with Gasteiger partial charge in [0.15, 0.2) is 0 Å². The van der Waals surface area contributed by atoms with Crippen LogP contribution in [0.1, 0.15) is 41.0 Å². The molecule has 0 amide bonds. The van der Waals surface area contributed by atoms with Crippen LogP contribution in [0.3, 0.4) is 0 Å². The first-order valence-corrected chi connectivity index (χ1v) is 4.61. The molecule has 0 spiro atoms. The molecule has 1 nitrogen and oxygen atoms in total. The highest BCUT2D eigenvalue weighted by atomic mass is 15.2. The van der Waals surface area contributed by atoms with Crippen LogP contribution in [0, 0.1) is 5.92 Å². The minimum Gasteiger partial charge on any atom is -0.301 e. The van der Waals surface area contributed by atoms with Gasteiger partial charge < -0.3 is 4.90 Å². The summed E-state index contributed by atoms with van der Waals surface area (Å²) in [6, 6.07) is 0. The molecule has 0 bridgehead atoms. The summed E-state index contributed by atoms with van der Waals surface area (Å²) in [6.45, 7) is 12.6. The van der Waals surface area contributed by atoms with E-state index in [-0.39, 0.29) is 0 Å². The van der Waals surface area contributed by atoms with Gasteiger partial charge in [0, 0.05) is 12.1 Å². The van der Waals surface area contributed by atoms with E-state index < -0.39 is 0 Å². The van der Waals surface area contributed by atoms with Crippen molar-refractivity contribution in [2.45, 2.75) is 46.6 Å². The van der Waals surface area contributed by atoms with Gasteiger partial charge in [0.1, 0.15) is 0 Å². The molecule has 0 atom stereocenters. The minimum atomic E-state index is 0.365. The molecule has 0 radical (unpaired) electrons. The van der Waals surface area contributed by atoms with E-state index in [0.29, 0.717) is 5.54 Å². The fourth-order valence-electron chi connectivity index (χ4n) is 1.06. The van der Waals surface area contributed by atoms with Crippen molar-refractivity contribution < 1.29 is 0 Å². The summed E-state index contributed by atoms with van der Waals surface area (Å²) in [5.41, 5.74) is 0.365. The molecule has 1 heteroatoms. The molecule has 11 heavy (non-hydrogen) atoms. The molecular formula is C10H23N. The molecule has 0 aliphatic rings. The number of hydrogen-bond acceptors (Lipinski definition) is 1. The summed E-state index contributed by atoms with van der Waals surface area (Å²) in [5.74, 6) is 0.769. The van der Waals surface area contributed by atoms with Crippen molar-refractivity contribution in [3.05, 3.63) is 0 Å². The summed E-state index contributed by atoms with van der Waals surface area (Å²) >= 11 is 0. The zero-order chi connectivity index (χ0) is 9.07. The molecule has 0 aliphatic carbocycles. The first-order chi connectivity index (χ1) is 4.90. The zero-order valence-electron chi connectivity index (χ0n) is 8.94. The van der Waals surface area contributed by atoms with Gasteiger partial charge in [-0.05, 0) is 33.2 Å². The summed E-state index contributed by atoms with van der Waals surface area (Å²) in [5, 5.41) is 0. The molecule has 0 fully saturated rings. The van der Waals surface area contributed by atoms with Crippen molar-refractivity contribution in [2.24, 2.45) is 5.92 Å². The Morgan fingerprint density at radius 2 is 1.73 bits per heavy atom. The SMILES string of the molecule is CCC(C)(C)N(C)CC(C)C. The smallest absolute Gasteiger partial charge is 0.0147 e. The third kappa shape index (κ3) is 3.76. The number of hydrogen-bond donors (Lipinski definition) is 0. The lowest BCUT2D eigenvalue weighted by molar-refractivity contribution is 0.135. The van der Waals surface area contributed by atoms with Crippen molar-refractivity contribution in [3.63, 3.8) is 0 Å². The molecule has 68 valence electrons. The Kier molecular flexibility index (Phi) is 4.09. The van der Waals surface area contributed by atoms with Crippen LogP contribution in [0.15, 0.2) is 0 Å². The molecule has 0 aromatic heterocycles. The van der Waals surface area contributed by atoms with Crippen LogP contribution in [0.25, 0.3) is 0 Å². The van der Waals surface area contributed by atoms with E-state index in [1.165, 1.54) is 13.0 Å². The van der Waals surface area contributed by atoms with Crippen LogP contribution < -0.4 is 0 Å². The Morgan fingerprint density at radius 3 is 2.00 bits per heavy atom. The summed E-state index contributed by atoms with van der Waals surface area (Å²) in [7, 11) is 2.21. The second-order valence-corrected chi connectivity index (χ2v) is 4.44. The molecule has 0 N–H and O–H groups in total. The maximum atomic E-state index is 2.44. The molecule has 0 saturated carbocycles. The average molecular weight is 157 g/mol. The van der Waals surface area contributed by atoms with Gasteiger partial charge in [0.2, 0.25) is 0 Å². The lowest BCUT2D eigenvalue weighted by Crippen LogP contribution is -2.42. The van der Waals surface area contributed by atoms with Crippen molar-refractivity contribution in [3.8, 4) is 0 Å². The highest BCUT2D eigenvalue weighted by Crippen LogP contribution is 2.17. The quantitative estimate of drug-likeness (QED) is 0.606. The van der Waals surface area contributed by atoms with Crippen LogP contribution in [0.2, 0.25) is 0 Å². The normalized spacial score (nSPS) is 13.1. The summed E-state index contributed by atoms with van der Waals surface area (Å²) < 4.78 is 0. The van der Waals surface area contributed by atoms with Crippen LogP contribution in [-0.4, -0.2) is 24.0 Å². The second-order valence-electron chi connectivity index (χ2n) is 4.44. The van der Waals surface area contributed by atoms with Crippen LogP contribution in [0.4, 0.5) is 0 Å². The fraction of sp³-hybridized carbons (Fsp3) is 1.00. The molecular weight excluding hydrogens is 134 g/mol. The largest absolute Gasteiger partial charge is 0.301 e. The molecule has 0 rings (SSSR count). The van der Waals surface area contributed by atoms with E-state index in [1.54, 1.807) is 0 Å². The van der Waals surface area contributed by atoms with E-state index in [0.717, 1.165) is 5.92 Å². The van der Waals surface area contributed by atoms with E-state index in [4.69, 9.17) is 0 Å². The van der Waals surface area contributed by atoms with Crippen molar-refractivity contribution in [2.75, 3.05) is 13.6 Å². The van der Waals surface area contributed by atoms with Crippen molar-refractivity contribution in [1.29, 1.82) is 0 Å². The molecule has 0 saturated heterocycles. The molecule has 0 unspecified atom stereocenters. The first kappa shape index (κ1) is 11.0. The van der Waals surface area contributed by atoms with Gasteiger partial charge in [0.25, 0.3) is 0 Å². The van der Waals surface area contributed by atoms with Crippen LogP contribution in [-0.2, 0) is 0 Å². The summed E-state index contributed by atoms with van der Waals surface area (Å²) in [4.78, 5) is 2.44. The summed E-state index contributed by atoms with van der Waals surface area (Å²) in [6.07, 6.45) is 1.22. The van der Waals surface area contributed by atoms with Crippen molar-refractivity contribution >= 4 is 0 Å². The van der Waals surface area contributed by atoms with Crippen molar-refractivity contribution in [1.82, 2.24) is 4.90 Å². The Labute approximate surface area is 71.8 Å². The Balaban J connectivity index is 3.90. The maximum absolute atomic E-state index is 2.44. The topological polar surface area (TPSA) is 3.24 Å². The monoisotopic (exact) mass is 157 g/mol. The third-order valence-electron chi connectivity index (χ3n) is 2.54. The standard InChI is InChI=1S/C10H23N/c1-7-10(4,5)11(6)8-9(2)3/h9H,7-8H2,1-6H3. The van der Waals surface area contributed by atoms with E-state index >= 15 is 0 Å². The highest BCUT2D eigenvalue weighted by Gasteiger charge is 2.20. The lowest BCUT2D eigenvalue weighted by Gasteiger charge is -2.35. The van der Waals surface area contributed by atoms with Crippen LogP contribution >= 0.6 is 0 Å². The zero-order valence-corrected chi connectivity index (χ0v) is 8.94. The Morgan fingerprint density at radius 1 is 1.27 bits per heavy atom. The maximum Gasteiger partial charge on any atom is 0.0147 e. The fourth-order valence-corrected chi connectivity index (χ4v) is 1.06. The van der Waals surface area contributed by atoms with Gasteiger partial charge in [-0.2, -0.15) is 0 Å². The third-order valence-corrected chi connectivity index (χ3v) is 2.54. The van der Waals surface area contributed by atoms with Crippen LogP contribution in [0.5, 0.6) is 0 Å². The molecule has 0 aromatic rings. The second kappa shape index (κ2) is 4.10. The number of nitrogens with zero attached hydrogens (tertiary/aromatic N) is 1. The molecule has 0 aromatic carbocycles. The van der Waals surface area contributed by atoms with Gasteiger partial charge in [0.05, 0.1) is 0 Å². The van der Waals surface area contributed by atoms with E-state index in [2.05, 4.69) is 46.6 Å². The lowest BCUT2D eigenvalue weighted by atomic mass is 9.99.